The molecule has 1 aliphatic rings. The van der Waals surface area contributed by atoms with Crippen molar-refractivity contribution in [1.29, 1.82) is 0 Å². The fourth-order valence-corrected chi connectivity index (χ4v) is 2.74. The number of carbonyl (C=O) groups is 2. The van der Waals surface area contributed by atoms with Crippen molar-refractivity contribution in [3.8, 4) is 0 Å². The first-order valence-electron chi connectivity index (χ1n) is 8.01. The summed E-state index contributed by atoms with van der Waals surface area (Å²) in [5, 5.41) is 14.3. The minimum Gasteiger partial charge on any atom is -0.465 e. The van der Waals surface area contributed by atoms with E-state index in [4.69, 9.17) is 5.11 Å². The smallest absolute Gasteiger partial charge is 0.405 e. The number of carbonyl (C=O) groups excluding carboxylic acids is 1. The van der Waals surface area contributed by atoms with Crippen LogP contribution in [0.4, 0.5) is 4.79 Å². The second kappa shape index (κ2) is 8.29. The molecule has 1 aromatic rings. The second-order valence-electron chi connectivity index (χ2n) is 5.86. The van der Waals surface area contributed by atoms with Crippen LogP contribution in [-0.4, -0.2) is 28.6 Å². The molecular formula is C18H23N3O3. The van der Waals surface area contributed by atoms with Crippen molar-refractivity contribution < 1.29 is 14.7 Å². The lowest BCUT2D eigenvalue weighted by atomic mass is 10.0. The molecule has 2 amide bonds. The van der Waals surface area contributed by atoms with Gasteiger partial charge in [-0.25, -0.2) is 4.79 Å². The monoisotopic (exact) mass is 329 g/mol. The van der Waals surface area contributed by atoms with Gasteiger partial charge in [0.25, 0.3) is 0 Å². The molecule has 6 heteroatoms. The van der Waals surface area contributed by atoms with Crippen molar-refractivity contribution >= 4 is 12.0 Å². The molecule has 128 valence electrons. The highest BCUT2D eigenvalue weighted by Gasteiger charge is 2.43. The highest BCUT2D eigenvalue weighted by atomic mass is 16.4. The van der Waals surface area contributed by atoms with Gasteiger partial charge in [0.1, 0.15) is 0 Å². The van der Waals surface area contributed by atoms with Crippen molar-refractivity contribution in [2.24, 2.45) is 5.92 Å². The first-order valence-corrected chi connectivity index (χ1v) is 8.01. The Kier molecular flexibility index (Phi) is 6.12. The molecule has 0 aliphatic heterocycles. The Morgan fingerprint density at radius 2 is 2.21 bits per heavy atom. The normalized spacial score (nSPS) is 19.8. The van der Waals surface area contributed by atoms with Crippen LogP contribution in [0.15, 0.2) is 43.6 Å². The van der Waals surface area contributed by atoms with E-state index in [1.165, 1.54) is 0 Å². The zero-order chi connectivity index (χ0) is 17.5. The molecule has 2 rings (SSSR count). The van der Waals surface area contributed by atoms with Gasteiger partial charge in [-0.1, -0.05) is 12.2 Å². The average Bonchev–Trinajstić information content (AvgIpc) is 3.35. The quantitative estimate of drug-likeness (QED) is 0.480. The molecule has 1 saturated carbocycles. The fraction of sp³-hybridized carbons (Fsp3) is 0.389. The SMILES string of the molecule is C=CCCNC(=O)[C@@H]1C[C@@H]1c1ccnc([C@H](CC=C)NC(=O)O)c1. The van der Waals surface area contributed by atoms with Crippen molar-refractivity contribution in [3.63, 3.8) is 0 Å². The van der Waals surface area contributed by atoms with Crippen LogP contribution in [0, 0.1) is 5.92 Å². The van der Waals surface area contributed by atoms with Crippen molar-refractivity contribution in [2.75, 3.05) is 6.54 Å². The van der Waals surface area contributed by atoms with Gasteiger partial charge < -0.3 is 15.7 Å². The lowest BCUT2D eigenvalue weighted by Gasteiger charge is -2.15. The maximum atomic E-state index is 12.1. The zero-order valence-corrected chi connectivity index (χ0v) is 13.6. The van der Waals surface area contributed by atoms with Crippen LogP contribution in [-0.2, 0) is 4.79 Å². The molecule has 24 heavy (non-hydrogen) atoms. The Balaban J connectivity index is 2.02. The molecule has 3 atom stereocenters. The van der Waals surface area contributed by atoms with E-state index in [0.717, 1.165) is 18.4 Å². The molecule has 1 heterocycles. The maximum absolute atomic E-state index is 12.1. The van der Waals surface area contributed by atoms with Crippen LogP contribution in [0.3, 0.4) is 0 Å². The van der Waals surface area contributed by atoms with Crippen molar-refractivity contribution in [1.82, 2.24) is 15.6 Å². The van der Waals surface area contributed by atoms with Gasteiger partial charge >= 0.3 is 6.09 Å². The first-order chi connectivity index (χ1) is 11.6. The summed E-state index contributed by atoms with van der Waals surface area (Å²) < 4.78 is 0. The van der Waals surface area contributed by atoms with Crippen LogP contribution in [0.25, 0.3) is 0 Å². The van der Waals surface area contributed by atoms with Crippen LogP contribution < -0.4 is 10.6 Å². The van der Waals surface area contributed by atoms with Crippen molar-refractivity contribution in [2.45, 2.75) is 31.2 Å². The van der Waals surface area contributed by atoms with Crippen LogP contribution >= 0.6 is 0 Å². The first kappa shape index (κ1) is 17.7. The summed E-state index contributed by atoms with van der Waals surface area (Å²) in [5.74, 6) is 0.214. The third kappa shape index (κ3) is 4.68. The number of aromatic nitrogens is 1. The Morgan fingerprint density at radius 1 is 1.42 bits per heavy atom. The van der Waals surface area contributed by atoms with Gasteiger partial charge in [0.05, 0.1) is 11.7 Å². The molecule has 0 spiro atoms. The number of nitrogens with zero attached hydrogens (tertiary/aromatic N) is 1. The lowest BCUT2D eigenvalue weighted by molar-refractivity contribution is -0.122. The topological polar surface area (TPSA) is 91.3 Å². The summed E-state index contributed by atoms with van der Waals surface area (Å²) in [6.07, 6.45) is 6.01. The minimum atomic E-state index is -1.10. The Morgan fingerprint density at radius 3 is 2.88 bits per heavy atom. The van der Waals surface area contributed by atoms with Gasteiger partial charge in [-0.15, -0.1) is 13.2 Å². The van der Waals surface area contributed by atoms with E-state index in [1.807, 2.05) is 12.1 Å². The van der Waals surface area contributed by atoms with E-state index in [9.17, 15) is 9.59 Å². The molecular weight excluding hydrogens is 306 g/mol. The maximum Gasteiger partial charge on any atom is 0.405 e. The summed E-state index contributed by atoms with van der Waals surface area (Å²) in [5.41, 5.74) is 1.66. The number of rotatable bonds is 9. The second-order valence-corrected chi connectivity index (χ2v) is 5.86. The van der Waals surface area contributed by atoms with Crippen LogP contribution in [0.5, 0.6) is 0 Å². The summed E-state index contributed by atoms with van der Waals surface area (Å²) in [6.45, 7) is 7.89. The Labute approximate surface area is 141 Å². The minimum absolute atomic E-state index is 0.0182. The summed E-state index contributed by atoms with van der Waals surface area (Å²) in [4.78, 5) is 27.3. The van der Waals surface area contributed by atoms with E-state index in [0.29, 0.717) is 18.7 Å². The van der Waals surface area contributed by atoms with Gasteiger partial charge in [-0.05, 0) is 42.9 Å². The molecule has 1 fully saturated rings. The third-order valence-corrected chi connectivity index (χ3v) is 4.07. The molecule has 3 N–H and O–H groups in total. The standard InChI is InChI=1S/C18H23N3O3/c1-3-5-8-20-17(22)14-11-13(14)12-7-9-19-16(10-12)15(6-4-2)21-18(23)24/h3-4,7,9-10,13-15,21H,1-2,5-6,8,11H2,(H,20,22)(H,23,24)/t13-,14-,15+/m1/s1. The number of hydrogen-bond donors (Lipinski definition) is 3. The predicted octanol–water partition coefficient (Wildman–Crippen LogP) is 2.76. The molecule has 1 aromatic heterocycles. The van der Waals surface area contributed by atoms with Crippen LogP contribution in [0.2, 0.25) is 0 Å². The van der Waals surface area contributed by atoms with Gasteiger partial charge in [0, 0.05) is 18.7 Å². The fourth-order valence-electron chi connectivity index (χ4n) is 2.74. The summed E-state index contributed by atoms with van der Waals surface area (Å²) in [6, 6.07) is 3.33. The highest BCUT2D eigenvalue weighted by molar-refractivity contribution is 5.82. The largest absolute Gasteiger partial charge is 0.465 e. The van der Waals surface area contributed by atoms with E-state index < -0.39 is 12.1 Å². The van der Waals surface area contributed by atoms with Gasteiger partial charge in [0.2, 0.25) is 5.91 Å². The van der Waals surface area contributed by atoms with E-state index in [1.54, 1.807) is 18.3 Å². The number of hydrogen-bond acceptors (Lipinski definition) is 3. The van der Waals surface area contributed by atoms with Gasteiger partial charge in [-0.3, -0.25) is 9.78 Å². The molecule has 0 radical (unpaired) electrons. The summed E-state index contributed by atoms with van der Waals surface area (Å²) in [7, 11) is 0. The third-order valence-electron chi connectivity index (χ3n) is 4.07. The van der Waals surface area contributed by atoms with Gasteiger partial charge in [0.15, 0.2) is 0 Å². The van der Waals surface area contributed by atoms with Gasteiger partial charge in [-0.2, -0.15) is 0 Å². The Bertz CT molecular complexity index is 630. The molecule has 0 bridgehead atoms. The highest BCUT2D eigenvalue weighted by Crippen LogP contribution is 2.47. The van der Waals surface area contributed by atoms with Crippen LogP contribution in [0.1, 0.15) is 42.5 Å². The Hall–Kier alpha value is -2.63. The number of pyridine rings is 1. The number of carboxylic acid groups (broad SMARTS) is 1. The predicted molar refractivity (Wildman–Crippen MR) is 91.6 cm³/mol. The number of amides is 2. The van der Waals surface area contributed by atoms with Crippen molar-refractivity contribution in [3.05, 3.63) is 54.9 Å². The van der Waals surface area contributed by atoms with E-state index in [2.05, 4.69) is 28.8 Å². The lowest BCUT2D eigenvalue weighted by Crippen LogP contribution is -2.27. The summed E-state index contributed by atoms with van der Waals surface area (Å²) >= 11 is 0. The molecule has 0 aromatic carbocycles. The molecule has 6 nitrogen and oxygen atoms in total. The molecule has 0 unspecified atom stereocenters. The molecule has 0 saturated heterocycles. The average molecular weight is 329 g/mol. The van der Waals surface area contributed by atoms with E-state index >= 15 is 0 Å². The number of nitrogens with one attached hydrogen (secondary N) is 2. The zero-order valence-electron chi connectivity index (χ0n) is 13.6. The van der Waals surface area contributed by atoms with E-state index in [-0.39, 0.29) is 17.7 Å². The molecule has 1 aliphatic carbocycles.